The van der Waals surface area contributed by atoms with Crippen LogP contribution in [-0.4, -0.2) is 13.1 Å². The predicted molar refractivity (Wildman–Crippen MR) is 62.4 cm³/mol. The highest BCUT2D eigenvalue weighted by Crippen LogP contribution is 2.22. The van der Waals surface area contributed by atoms with Crippen molar-refractivity contribution in [1.29, 1.82) is 0 Å². The maximum absolute atomic E-state index is 3.51. The Labute approximate surface area is 88.9 Å². The average Bonchev–Trinajstić information content (AvgIpc) is 2.04. The maximum Gasteiger partial charge on any atom is 0.0379 e. The summed E-state index contributed by atoms with van der Waals surface area (Å²) >= 11 is 3.51. The summed E-state index contributed by atoms with van der Waals surface area (Å²) in [6.45, 7) is 8.61. The van der Waals surface area contributed by atoms with Crippen molar-refractivity contribution >= 4 is 21.6 Å². The maximum atomic E-state index is 3.51. The SMILES string of the molecule is CCN(CC)c1cc(C)cc(Br)c1. The normalized spacial score (nSPS) is 10.2. The summed E-state index contributed by atoms with van der Waals surface area (Å²) in [6.07, 6.45) is 0. The largest absolute Gasteiger partial charge is 0.372 e. The topological polar surface area (TPSA) is 3.24 Å². The third-order valence-electron chi connectivity index (χ3n) is 2.16. The Kier molecular flexibility index (Phi) is 3.79. The summed E-state index contributed by atoms with van der Waals surface area (Å²) in [4.78, 5) is 2.34. The van der Waals surface area contributed by atoms with E-state index >= 15 is 0 Å². The number of rotatable bonds is 3. The van der Waals surface area contributed by atoms with E-state index in [1.165, 1.54) is 11.3 Å². The first-order valence-electron chi connectivity index (χ1n) is 4.69. The van der Waals surface area contributed by atoms with Gasteiger partial charge in [-0.05, 0) is 44.5 Å². The summed E-state index contributed by atoms with van der Waals surface area (Å²) in [5.74, 6) is 0. The Morgan fingerprint density at radius 1 is 1.15 bits per heavy atom. The third-order valence-corrected chi connectivity index (χ3v) is 2.61. The van der Waals surface area contributed by atoms with Crippen LogP contribution in [0.2, 0.25) is 0 Å². The smallest absolute Gasteiger partial charge is 0.0379 e. The minimum atomic E-state index is 1.06. The molecule has 0 amide bonds. The van der Waals surface area contributed by atoms with E-state index in [2.05, 4.69) is 59.8 Å². The lowest BCUT2D eigenvalue weighted by Crippen LogP contribution is -2.21. The van der Waals surface area contributed by atoms with Crippen LogP contribution in [0.5, 0.6) is 0 Å². The van der Waals surface area contributed by atoms with Crippen LogP contribution in [0.1, 0.15) is 19.4 Å². The third kappa shape index (κ3) is 2.73. The van der Waals surface area contributed by atoms with Crippen molar-refractivity contribution in [2.24, 2.45) is 0 Å². The predicted octanol–water partition coefficient (Wildman–Crippen LogP) is 3.60. The van der Waals surface area contributed by atoms with Gasteiger partial charge in [-0.1, -0.05) is 15.9 Å². The van der Waals surface area contributed by atoms with Gasteiger partial charge in [-0.15, -0.1) is 0 Å². The second-order valence-electron chi connectivity index (χ2n) is 3.16. The Bertz CT molecular complexity index is 259. The van der Waals surface area contributed by atoms with E-state index < -0.39 is 0 Å². The zero-order valence-corrected chi connectivity index (χ0v) is 10.1. The van der Waals surface area contributed by atoms with Gasteiger partial charge in [0.15, 0.2) is 0 Å². The highest BCUT2D eigenvalue weighted by molar-refractivity contribution is 9.10. The van der Waals surface area contributed by atoms with Gasteiger partial charge in [0.05, 0.1) is 0 Å². The Hall–Kier alpha value is -0.500. The molecule has 0 aliphatic carbocycles. The molecule has 13 heavy (non-hydrogen) atoms. The molecule has 72 valence electrons. The van der Waals surface area contributed by atoms with Gasteiger partial charge in [-0.3, -0.25) is 0 Å². The first-order valence-corrected chi connectivity index (χ1v) is 5.48. The molecule has 1 nitrogen and oxygen atoms in total. The first-order chi connectivity index (χ1) is 6.17. The van der Waals surface area contributed by atoms with Crippen LogP contribution in [0.4, 0.5) is 5.69 Å². The van der Waals surface area contributed by atoms with Gasteiger partial charge in [0.2, 0.25) is 0 Å². The summed E-state index contributed by atoms with van der Waals surface area (Å²) < 4.78 is 1.16. The van der Waals surface area contributed by atoms with Crippen molar-refractivity contribution in [1.82, 2.24) is 0 Å². The van der Waals surface area contributed by atoms with E-state index in [0.717, 1.165) is 17.6 Å². The Morgan fingerprint density at radius 2 is 1.77 bits per heavy atom. The molecule has 0 aliphatic heterocycles. The molecule has 2 heteroatoms. The number of benzene rings is 1. The van der Waals surface area contributed by atoms with Crippen molar-refractivity contribution in [3.8, 4) is 0 Å². The van der Waals surface area contributed by atoms with Crippen LogP contribution in [-0.2, 0) is 0 Å². The molecule has 0 aromatic heterocycles. The van der Waals surface area contributed by atoms with E-state index in [9.17, 15) is 0 Å². The molecule has 0 bridgehead atoms. The zero-order chi connectivity index (χ0) is 9.84. The number of hydrogen-bond donors (Lipinski definition) is 0. The Balaban J connectivity index is 2.99. The number of aryl methyl sites for hydroxylation is 1. The van der Waals surface area contributed by atoms with Crippen molar-refractivity contribution in [3.05, 3.63) is 28.2 Å². The highest BCUT2D eigenvalue weighted by atomic mass is 79.9. The van der Waals surface area contributed by atoms with E-state index in [4.69, 9.17) is 0 Å². The number of halogens is 1. The van der Waals surface area contributed by atoms with E-state index in [1.807, 2.05) is 0 Å². The molecule has 1 rings (SSSR count). The zero-order valence-electron chi connectivity index (χ0n) is 8.47. The molecule has 0 radical (unpaired) electrons. The van der Waals surface area contributed by atoms with Crippen molar-refractivity contribution in [2.45, 2.75) is 20.8 Å². The highest BCUT2D eigenvalue weighted by Gasteiger charge is 2.02. The van der Waals surface area contributed by atoms with Gasteiger partial charge in [0.25, 0.3) is 0 Å². The van der Waals surface area contributed by atoms with E-state index in [0.29, 0.717) is 0 Å². The van der Waals surface area contributed by atoms with Gasteiger partial charge in [-0.2, -0.15) is 0 Å². The van der Waals surface area contributed by atoms with Gasteiger partial charge in [0.1, 0.15) is 0 Å². The van der Waals surface area contributed by atoms with Crippen LogP contribution in [0, 0.1) is 6.92 Å². The molecule has 0 saturated carbocycles. The van der Waals surface area contributed by atoms with Gasteiger partial charge in [-0.25, -0.2) is 0 Å². The fourth-order valence-corrected chi connectivity index (χ4v) is 2.08. The van der Waals surface area contributed by atoms with Crippen LogP contribution in [0.25, 0.3) is 0 Å². The second kappa shape index (κ2) is 4.66. The van der Waals surface area contributed by atoms with Crippen LogP contribution < -0.4 is 4.90 Å². The Morgan fingerprint density at radius 3 is 2.23 bits per heavy atom. The molecule has 0 aliphatic rings. The van der Waals surface area contributed by atoms with E-state index in [1.54, 1.807) is 0 Å². The van der Waals surface area contributed by atoms with E-state index in [-0.39, 0.29) is 0 Å². The molecule has 1 aromatic carbocycles. The molecule has 0 fully saturated rings. The molecular formula is C11H16BrN. The molecule has 0 heterocycles. The summed E-state index contributed by atoms with van der Waals surface area (Å²) in [5, 5.41) is 0. The van der Waals surface area contributed by atoms with Crippen molar-refractivity contribution < 1.29 is 0 Å². The molecular weight excluding hydrogens is 226 g/mol. The van der Waals surface area contributed by atoms with Crippen LogP contribution >= 0.6 is 15.9 Å². The van der Waals surface area contributed by atoms with Gasteiger partial charge >= 0.3 is 0 Å². The van der Waals surface area contributed by atoms with Crippen LogP contribution in [0.15, 0.2) is 22.7 Å². The first kappa shape index (κ1) is 10.6. The summed E-state index contributed by atoms with van der Waals surface area (Å²) in [6, 6.07) is 6.52. The lowest BCUT2D eigenvalue weighted by Gasteiger charge is -2.21. The lowest BCUT2D eigenvalue weighted by atomic mass is 10.2. The minimum absolute atomic E-state index is 1.06. The quantitative estimate of drug-likeness (QED) is 0.782. The average molecular weight is 242 g/mol. The number of anilines is 1. The molecule has 0 spiro atoms. The summed E-state index contributed by atoms with van der Waals surface area (Å²) in [5.41, 5.74) is 2.60. The lowest BCUT2D eigenvalue weighted by molar-refractivity contribution is 0.865. The van der Waals surface area contributed by atoms with Gasteiger partial charge < -0.3 is 4.90 Å². The van der Waals surface area contributed by atoms with Crippen LogP contribution in [0.3, 0.4) is 0 Å². The second-order valence-corrected chi connectivity index (χ2v) is 4.07. The van der Waals surface area contributed by atoms with Crippen molar-refractivity contribution in [2.75, 3.05) is 18.0 Å². The molecule has 1 aromatic rings. The minimum Gasteiger partial charge on any atom is -0.372 e. The fraction of sp³-hybridized carbons (Fsp3) is 0.455. The number of hydrogen-bond acceptors (Lipinski definition) is 1. The molecule has 0 atom stereocenters. The molecule has 0 N–H and O–H groups in total. The van der Waals surface area contributed by atoms with Gasteiger partial charge in [0, 0.05) is 23.2 Å². The fourth-order valence-electron chi connectivity index (χ4n) is 1.49. The molecule has 0 saturated heterocycles. The standard InChI is InChI=1S/C11H16BrN/c1-4-13(5-2)11-7-9(3)6-10(12)8-11/h6-8H,4-5H2,1-3H3. The van der Waals surface area contributed by atoms with Crippen molar-refractivity contribution in [3.63, 3.8) is 0 Å². The molecule has 0 unspecified atom stereocenters. The monoisotopic (exact) mass is 241 g/mol. The summed E-state index contributed by atoms with van der Waals surface area (Å²) in [7, 11) is 0. The number of nitrogens with zero attached hydrogens (tertiary/aromatic N) is 1.